The quantitative estimate of drug-likeness (QED) is 0.562. The van der Waals surface area contributed by atoms with Crippen LogP contribution in [0.5, 0.6) is 0 Å². The van der Waals surface area contributed by atoms with Crippen LogP contribution >= 0.6 is 0 Å². The molecule has 3 N–H and O–H groups in total. The second-order valence-corrected chi connectivity index (χ2v) is 1.71. The Hall–Kier alpha value is -1.12. The van der Waals surface area contributed by atoms with Crippen LogP contribution in [0.15, 0.2) is 24.8 Å². The van der Waals surface area contributed by atoms with Gasteiger partial charge in [-0.2, -0.15) is 0 Å². The average Bonchev–Trinajstić information content (AvgIpc) is 1.82. The summed E-state index contributed by atoms with van der Waals surface area (Å²) in [7, 11) is 3.65. The second kappa shape index (κ2) is 3.83. The minimum atomic E-state index is 0.529. The van der Waals surface area contributed by atoms with E-state index in [-0.39, 0.29) is 0 Å². The molecule has 0 aromatic carbocycles. The molecule has 3 heteroatoms. The van der Waals surface area contributed by atoms with Crippen LogP contribution in [0, 0.1) is 0 Å². The van der Waals surface area contributed by atoms with Crippen molar-refractivity contribution in [1.82, 2.24) is 10.2 Å². The zero-order valence-electron chi connectivity index (χ0n) is 5.89. The maximum atomic E-state index is 5.33. The summed E-state index contributed by atoms with van der Waals surface area (Å²) in [5, 5.41) is 2.83. The summed E-state index contributed by atoms with van der Waals surface area (Å²) < 4.78 is 0. The first kappa shape index (κ1) is 7.88. The fourth-order valence-corrected chi connectivity index (χ4v) is 0.282. The predicted molar refractivity (Wildman–Crippen MR) is 39.3 cm³/mol. The van der Waals surface area contributed by atoms with Gasteiger partial charge < -0.3 is 16.0 Å². The maximum absolute atomic E-state index is 5.33. The molecule has 52 valence electrons. The first-order valence-corrected chi connectivity index (χ1v) is 2.69. The van der Waals surface area contributed by atoms with Crippen LogP contribution in [0.4, 0.5) is 0 Å². The van der Waals surface area contributed by atoms with Gasteiger partial charge in [0, 0.05) is 26.5 Å². The van der Waals surface area contributed by atoms with Crippen molar-refractivity contribution in [3.63, 3.8) is 0 Å². The van der Waals surface area contributed by atoms with Crippen LogP contribution in [-0.2, 0) is 0 Å². The number of hydrogen-bond donors (Lipinski definition) is 2. The van der Waals surface area contributed by atoms with Crippen molar-refractivity contribution in [2.24, 2.45) is 5.73 Å². The zero-order chi connectivity index (χ0) is 7.28. The Kier molecular flexibility index (Phi) is 3.35. The molecule has 0 aromatic heterocycles. The molecule has 0 spiro atoms. The largest absolute Gasteiger partial charge is 0.393 e. The van der Waals surface area contributed by atoms with Crippen molar-refractivity contribution in [1.29, 1.82) is 0 Å². The first-order valence-electron chi connectivity index (χ1n) is 2.69. The van der Waals surface area contributed by atoms with Crippen LogP contribution in [0.25, 0.3) is 0 Å². The van der Waals surface area contributed by atoms with E-state index < -0.39 is 0 Å². The first-order chi connectivity index (χ1) is 4.18. The number of hydrogen-bond acceptors (Lipinski definition) is 3. The van der Waals surface area contributed by atoms with Crippen molar-refractivity contribution < 1.29 is 0 Å². The molecule has 0 saturated heterocycles. The third-order valence-electron chi connectivity index (χ3n) is 0.918. The van der Waals surface area contributed by atoms with Crippen molar-refractivity contribution >= 4 is 0 Å². The standard InChI is InChI=1S/C6H13N3/c1-6(7)9(3)5-4-8-2/h4-5,8H,1,7H2,2-3H3/b5-4-. The smallest absolute Gasteiger partial charge is 0.0950 e. The minimum Gasteiger partial charge on any atom is -0.393 e. The number of rotatable bonds is 3. The van der Waals surface area contributed by atoms with Crippen LogP contribution in [0.3, 0.4) is 0 Å². The number of nitrogens with one attached hydrogen (secondary N) is 1. The molecule has 0 amide bonds. The Balaban J connectivity index is 3.62. The summed E-state index contributed by atoms with van der Waals surface area (Å²) in [5.74, 6) is 0.529. The molecule has 0 heterocycles. The van der Waals surface area contributed by atoms with E-state index in [0.717, 1.165) is 0 Å². The van der Waals surface area contributed by atoms with Gasteiger partial charge in [-0.05, 0) is 0 Å². The summed E-state index contributed by atoms with van der Waals surface area (Å²) in [4.78, 5) is 1.72. The summed E-state index contributed by atoms with van der Waals surface area (Å²) in [5.41, 5.74) is 5.33. The van der Waals surface area contributed by atoms with Gasteiger partial charge in [0.25, 0.3) is 0 Å². The Morgan fingerprint density at radius 3 is 2.67 bits per heavy atom. The highest BCUT2D eigenvalue weighted by atomic mass is 15.2. The topological polar surface area (TPSA) is 41.3 Å². The number of nitrogens with two attached hydrogens (primary N) is 1. The van der Waals surface area contributed by atoms with Gasteiger partial charge in [0.2, 0.25) is 0 Å². The molecular weight excluding hydrogens is 114 g/mol. The Labute approximate surface area is 55.8 Å². The molecule has 0 rings (SSSR count). The van der Waals surface area contributed by atoms with Crippen molar-refractivity contribution in [2.75, 3.05) is 14.1 Å². The second-order valence-electron chi connectivity index (χ2n) is 1.71. The molecule has 0 aliphatic heterocycles. The number of nitrogens with zero attached hydrogens (tertiary/aromatic N) is 1. The van der Waals surface area contributed by atoms with Crippen LogP contribution in [0.1, 0.15) is 0 Å². The lowest BCUT2D eigenvalue weighted by atomic mass is 10.7. The van der Waals surface area contributed by atoms with Crippen molar-refractivity contribution in [3.8, 4) is 0 Å². The molecule has 0 fully saturated rings. The van der Waals surface area contributed by atoms with Crippen LogP contribution < -0.4 is 11.1 Å². The third kappa shape index (κ3) is 3.46. The zero-order valence-corrected chi connectivity index (χ0v) is 5.89. The molecule has 0 bridgehead atoms. The lowest BCUT2D eigenvalue weighted by molar-refractivity contribution is 0.560. The molecule has 0 radical (unpaired) electrons. The Morgan fingerprint density at radius 1 is 1.78 bits per heavy atom. The highest BCUT2D eigenvalue weighted by Crippen LogP contribution is 1.87. The van der Waals surface area contributed by atoms with E-state index in [2.05, 4.69) is 11.9 Å². The summed E-state index contributed by atoms with van der Waals surface area (Å²) >= 11 is 0. The molecule has 9 heavy (non-hydrogen) atoms. The van der Waals surface area contributed by atoms with E-state index in [1.807, 2.05) is 14.1 Å². The highest BCUT2D eigenvalue weighted by molar-refractivity contribution is 4.92. The molecule has 3 nitrogen and oxygen atoms in total. The van der Waals surface area contributed by atoms with Gasteiger partial charge in [-0.1, -0.05) is 6.58 Å². The lowest BCUT2D eigenvalue weighted by Crippen LogP contribution is -2.16. The minimum absolute atomic E-state index is 0.529. The Bertz CT molecular complexity index is 117. The molecule has 0 aromatic rings. The molecule has 0 aliphatic carbocycles. The van der Waals surface area contributed by atoms with Gasteiger partial charge >= 0.3 is 0 Å². The van der Waals surface area contributed by atoms with E-state index in [1.54, 1.807) is 17.3 Å². The van der Waals surface area contributed by atoms with Gasteiger partial charge in [0.1, 0.15) is 0 Å². The average molecular weight is 127 g/mol. The van der Waals surface area contributed by atoms with Crippen molar-refractivity contribution in [2.45, 2.75) is 0 Å². The lowest BCUT2D eigenvalue weighted by Gasteiger charge is -2.11. The van der Waals surface area contributed by atoms with Gasteiger partial charge in [0.15, 0.2) is 0 Å². The van der Waals surface area contributed by atoms with Gasteiger partial charge in [-0.25, -0.2) is 0 Å². The van der Waals surface area contributed by atoms with Gasteiger partial charge in [0.05, 0.1) is 5.82 Å². The summed E-state index contributed by atoms with van der Waals surface area (Å²) in [6, 6.07) is 0. The van der Waals surface area contributed by atoms with E-state index in [9.17, 15) is 0 Å². The van der Waals surface area contributed by atoms with E-state index >= 15 is 0 Å². The van der Waals surface area contributed by atoms with Crippen molar-refractivity contribution in [3.05, 3.63) is 24.8 Å². The predicted octanol–water partition coefficient (Wildman–Crippen LogP) is 0.0387. The van der Waals surface area contributed by atoms with E-state index in [4.69, 9.17) is 5.73 Å². The maximum Gasteiger partial charge on any atom is 0.0950 e. The SMILES string of the molecule is C=C(N)N(C)/C=C\NC. The molecule has 0 aliphatic rings. The third-order valence-corrected chi connectivity index (χ3v) is 0.918. The summed E-state index contributed by atoms with van der Waals surface area (Å²) in [6.45, 7) is 3.53. The monoisotopic (exact) mass is 127 g/mol. The highest BCUT2D eigenvalue weighted by Gasteiger charge is 1.86. The van der Waals surface area contributed by atoms with E-state index in [1.165, 1.54) is 0 Å². The van der Waals surface area contributed by atoms with Crippen LogP contribution in [-0.4, -0.2) is 19.0 Å². The molecule has 0 unspecified atom stereocenters. The van der Waals surface area contributed by atoms with Gasteiger partial charge in [-0.15, -0.1) is 0 Å². The Morgan fingerprint density at radius 2 is 2.33 bits per heavy atom. The normalized spacial score (nSPS) is 9.56. The van der Waals surface area contributed by atoms with Gasteiger partial charge in [-0.3, -0.25) is 0 Å². The summed E-state index contributed by atoms with van der Waals surface area (Å²) in [6.07, 6.45) is 3.57. The molecule has 0 atom stereocenters. The van der Waals surface area contributed by atoms with E-state index in [0.29, 0.717) is 5.82 Å². The van der Waals surface area contributed by atoms with Crippen LogP contribution in [0.2, 0.25) is 0 Å². The fraction of sp³-hybridized carbons (Fsp3) is 0.333. The molecular formula is C6H13N3. The fourth-order valence-electron chi connectivity index (χ4n) is 0.282. The molecule has 0 saturated carbocycles.